The Kier molecular flexibility index (Phi) is 3.08. The average molecular weight is 242 g/mol. The van der Waals surface area contributed by atoms with E-state index in [1.165, 1.54) is 11.3 Å². The average Bonchev–Trinajstić information content (AvgIpc) is 2.84. The van der Waals surface area contributed by atoms with Gasteiger partial charge in [-0.3, -0.25) is 4.79 Å². The molecule has 2 aromatic rings. The van der Waals surface area contributed by atoms with Gasteiger partial charge in [0.05, 0.1) is 17.8 Å². The highest BCUT2D eigenvalue weighted by atomic mass is 35.5. The van der Waals surface area contributed by atoms with Gasteiger partial charge in [-0.15, -0.1) is 11.3 Å². The lowest BCUT2D eigenvalue weighted by Crippen LogP contribution is -2.21. The van der Waals surface area contributed by atoms with Crippen LogP contribution in [0.1, 0.15) is 15.4 Å². The maximum atomic E-state index is 11.6. The van der Waals surface area contributed by atoms with Gasteiger partial charge in [0.2, 0.25) is 0 Å². The number of rotatable bonds is 3. The first kappa shape index (κ1) is 10.3. The molecule has 3 nitrogen and oxygen atoms in total. The Morgan fingerprint density at radius 1 is 1.53 bits per heavy atom. The molecule has 0 aliphatic heterocycles. The van der Waals surface area contributed by atoms with Crippen molar-refractivity contribution in [2.75, 3.05) is 0 Å². The van der Waals surface area contributed by atoms with E-state index in [-0.39, 0.29) is 5.91 Å². The number of halogens is 1. The van der Waals surface area contributed by atoms with Gasteiger partial charge in [0.1, 0.15) is 10.6 Å². The number of furan rings is 1. The van der Waals surface area contributed by atoms with Crippen molar-refractivity contribution >= 4 is 28.8 Å². The van der Waals surface area contributed by atoms with Crippen LogP contribution in [0.5, 0.6) is 0 Å². The molecule has 0 spiro atoms. The van der Waals surface area contributed by atoms with Gasteiger partial charge < -0.3 is 9.73 Å². The van der Waals surface area contributed by atoms with E-state index >= 15 is 0 Å². The molecular formula is C10H8ClNO2S. The Morgan fingerprint density at radius 2 is 2.40 bits per heavy atom. The lowest BCUT2D eigenvalue weighted by molar-refractivity contribution is 0.0952. The van der Waals surface area contributed by atoms with Gasteiger partial charge in [-0.25, -0.2) is 0 Å². The number of carbonyl (C=O) groups excluding carboxylic acids is 1. The molecule has 0 aliphatic rings. The molecule has 5 heteroatoms. The van der Waals surface area contributed by atoms with Crippen molar-refractivity contribution in [1.29, 1.82) is 0 Å². The molecule has 0 saturated carbocycles. The van der Waals surface area contributed by atoms with Crippen molar-refractivity contribution in [3.63, 3.8) is 0 Å². The fourth-order valence-electron chi connectivity index (χ4n) is 1.12. The van der Waals surface area contributed by atoms with E-state index in [1.807, 2.05) is 0 Å². The van der Waals surface area contributed by atoms with Crippen molar-refractivity contribution in [1.82, 2.24) is 5.32 Å². The summed E-state index contributed by atoms with van der Waals surface area (Å²) in [7, 11) is 0. The van der Waals surface area contributed by atoms with E-state index in [9.17, 15) is 4.79 Å². The van der Waals surface area contributed by atoms with E-state index in [0.717, 1.165) is 5.76 Å². The third kappa shape index (κ3) is 2.40. The molecule has 0 aliphatic carbocycles. The highest BCUT2D eigenvalue weighted by Crippen LogP contribution is 2.21. The summed E-state index contributed by atoms with van der Waals surface area (Å²) in [6.45, 7) is 0.375. The fraction of sp³-hybridized carbons (Fsp3) is 0.100. The van der Waals surface area contributed by atoms with Gasteiger partial charge in [-0.2, -0.15) is 0 Å². The second-order valence-electron chi connectivity index (χ2n) is 2.86. The molecular weight excluding hydrogens is 234 g/mol. The van der Waals surface area contributed by atoms with Crippen molar-refractivity contribution in [2.24, 2.45) is 0 Å². The van der Waals surface area contributed by atoms with E-state index in [0.29, 0.717) is 16.4 Å². The molecule has 1 N–H and O–H groups in total. The van der Waals surface area contributed by atoms with E-state index in [2.05, 4.69) is 5.32 Å². The van der Waals surface area contributed by atoms with Crippen molar-refractivity contribution in [3.05, 3.63) is 45.5 Å². The van der Waals surface area contributed by atoms with Crippen LogP contribution in [-0.4, -0.2) is 5.91 Å². The molecule has 2 rings (SSSR count). The minimum Gasteiger partial charge on any atom is -0.467 e. The first-order valence-corrected chi connectivity index (χ1v) is 5.56. The second kappa shape index (κ2) is 4.51. The maximum Gasteiger partial charge on any atom is 0.263 e. The van der Waals surface area contributed by atoms with Crippen LogP contribution < -0.4 is 5.32 Å². The predicted octanol–water partition coefficient (Wildman–Crippen LogP) is 2.92. The predicted molar refractivity (Wildman–Crippen MR) is 59.2 cm³/mol. The van der Waals surface area contributed by atoms with Crippen LogP contribution in [0.15, 0.2) is 34.3 Å². The Hall–Kier alpha value is -1.26. The van der Waals surface area contributed by atoms with E-state index < -0.39 is 0 Å². The van der Waals surface area contributed by atoms with Crippen molar-refractivity contribution in [3.8, 4) is 0 Å². The molecule has 0 saturated heterocycles. The van der Waals surface area contributed by atoms with Gasteiger partial charge in [-0.1, -0.05) is 11.6 Å². The third-order valence-corrected chi connectivity index (χ3v) is 3.17. The molecule has 0 aromatic carbocycles. The van der Waals surface area contributed by atoms with Crippen molar-refractivity contribution in [2.45, 2.75) is 6.54 Å². The van der Waals surface area contributed by atoms with Gasteiger partial charge in [0, 0.05) is 0 Å². The number of hydrogen-bond donors (Lipinski definition) is 1. The topological polar surface area (TPSA) is 42.2 Å². The normalized spacial score (nSPS) is 10.2. The summed E-state index contributed by atoms with van der Waals surface area (Å²) in [6.07, 6.45) is 1.57. The summed E-state index contributed by atoms with van der Waals surface area (Å²) in [4.78, 5) is 12.1. The molecule has 0 radical (unpaired) electrons. The molecule has 0 fully saturated rings. The molecule has 15 heavy (non-hydrogen) atoms. The van der Waals surface area contributed by atoms with E-state index in [4.69, 9.17) is 16.0 Å². The standard InChI is InChI=1S/C10H8ClNO2S/c11-8-3-5-15-9(8)10(13)12-6-7-2-1-4-14-7/h1-5H,6H2,(H,12,13). The molecule has 2 heterocycles. The molecule has 0 unspecified atom stereocenters. The van der Waals surface area contributed by atoms with Gasteiger partial charge in [0.25, 0.3) is 5.91 Å². The monoisotopic (exact) mass is 241 g/mol. The van der Waals surface area contributed by atoms with Crippen molar-refractivity contribution < 1.29 is 9.21 Å². The van der Waals surface area contributed by atoms with Crippen LogP contribution in [0.25, 0.3) is 0 Å². The Balaban J connectivity index is 1.96. The van der Waals surface area contributed by atoms with Crippen LogP contribution in [0, 0.1) is 0 Å². The highest BCUT2D eigenvalue weighted by Gasteiger charge is 2.11. The van der Waals surface area contributed by atoms with Crippen LogP contribution >= 0.6 is 22.9 Å². The summed E-state index contributed by atoms with van der Waals surface area (Å²) < 4.78 is 5.09. The minimum atomic E-state index is -0.175. The number of hydrogen-bond acceptors (Lipinski definition) is 3. The summed E-state index contributed by atoms with van der Waals surface area (Å²) in [6, 6.07) is 5.28. The smallest absolute Gasteiger partial charge is 0.263 e. The molecule has 78 valence electrons. The highest BCUT2D eigenvalue weighted by molar-refractivity contribution is 7.12. The molecule has 0 atom stereocenters. The molecule has 0 bridgehead atoms. The summed E-state index contributed by atoms with van der Waals surface area (Å²) in [5.74, 6) is 0.544. The number of thiophene rings is 1. The second-order valence-corrected chi connectivity index (χ2v) is 4.18. The van der Waals surface area contributed by atoms with Gasteiger partial charge >= 0.3 is 0 Å². The summed E-state index contributed by atoms with van der Waals surface area (Å²) >= 11 is 7.14. The van der Waals surface area contributed by atoms with Crippen LogP contribution in [0.4, 0.5) is 0 Å². The largest absolute Gasteiger partial charge is 0.467 e. The zero-order valence-electron chi connectivity index (χ0n) is 7.70. The Morgan fingerprint density at radius 3 is 3.00 bits per heavy atom. The number of carbonyl (C=O) groups is 1. The first-order valence-electron chi connectivity index (χ1n) is 4.31. The number of nitrogens with one attached hydrogen (secondary N) is 1. The van der Waals surface area contributed by atoms with Crippen LogP contribution in [0.2, 0.25) is 5.02 Å². The quantitative estimate of drug-likeness (QED) is 0.898. The van der Waals surface area contributed by atoms with Gasteiger partial charge in [0.15, 0.2) is 0 Å². The van der Waals surface area contributed by atoms with Crippen LogP contribution in [0.3, 0.4) is 0 Å². The zero-order chi connectivity index (χ0) is 10.7. The minimum absolute atomic E-state index is 0.175. The number of amides is 1. The molecule has 2 aromatic heterocycles. The van der Waals surface area contributed by atoms with E-state index in [1.54, 1.807) is 29.8 Å². The lowest BCUT2D eigenvalue weighted by Gasteiger charge is -2.00. The lowest BCUT2D eigenvalue weighted by atomic mass is 10.4. The maximum absolute atomic E-state index is 11.6. The SMILES string of the molecule is O=C(NCc1ccco1)c1sccc1Cl. The van der Waals surface area contributed by atoms with Gasteiger partial charge in [-0.05, 0) is 23.6 Å². The third-order valence-electron chi connectivity index (χ3n) is 1.83. The summed E-state index contributed by atoms with van der Waals surface area (Å²) in [5.41, 5.74) is 0. The fourth-order valence-corrected chi connectivity index (χ4v) is 2.17. The Labute approximate surface area is 95.7 Å². The van der Waals surface area contributed by atoms with Crippen LogP contribution in [-0.2, 0) is 6.54 Å². The first-order chi connectivity index (χ1) is 7.27. The molecule has 1 amide bonds. The zero-order valence-corrected chi connectivity index (χ0v) is 9.27. The summed E-state index contributed by atoms with van der Waals surface area (Å²) in [5, 5.41) is 4.99. The Bertz CT molecular complexity index is 450.